The number of fused-ring (bicyclic) bond motifs is 3. The maximum Gasteiger partial charge on any atom is 0.416 e. The van der Waals surface area contributed by atoms with Crippen LogP contribution in [0.5, 0.6) is 5.75 Å². The molecule has 0 saturated heterocycles. The molecule has 0 unspecified atom stereocenters. The molecule has 2 heterocycles. The molecule has 0 fully saturated rings. The van der Waals surface area contributed by atoms with E-state index in [0.717, 1.165) is 45.6 Å². The number of carboxylic acids is 1. The van der Waals surface area contributed by atoms with E-state index in [9.17, 15) is 37.1 Å². The monoisotopic (exact) mass is 477 g/mol. The average Bonchev–Trinajstić information content (AvgIpc) is 3.06. The Hall–Kier alpha value is -4.35. The van der Waals surface area contributed by atoms with Gasteiger partial charge in [-0.25, -0.2) is 13.6 Å². The molecule has 0 aliphatic carbocycles. The highest BCUT2D eigenvalue weighted by Gasteiger charge is 2.32. The Morgan fingerprint density at radius 1 is 1.00 bits per heavy atom. The van der Waals surface area contributed by atoms with E-state index >= 15 is 0 Å². The number of carbonyl (C=O) groups is 2. The van der Waals surface area contributed by atoms with Crippen LogP contribution in [0.25, 0.3) is 16.4 Å². The Balaban J connectivity index is 2.03. The van der Waals surface area contributed by atoms with Crippen molar-refractivity contribution in [2.75, 3.05) is 6.54 Å². The number of aromatic hydroxyl groups is 1. The van der Waals surface area contributed by atoms with Crippen molar-refractivity contribution >= 4 is 28.3 Å². The molecule has 0 saturated carbocycles. The minimum atomic E-state index is -4.70. The van der Waals surface area contributed by atoms with Gasteiger partial charge in [-0.2, -0.15) is 13.2 Å². The summed E-state index contributed by atoms with van der Waals surface area (Å²) in [6.07, 6.45) is -4.70. The van der Waals surface area contributed by atoms with E-state index in [-0.39, 0.29) is 23.0 Å². The minimum Gasteiger partial charge on any atom is -0.505 e. The van der Waals surface area contributed by atoms with Crippen molar-refractivity contribution in [3.8, 4) is 5.75 Å². The number of alkyl halides is 3. The van der Waals surface area contributed by atoms with Gasteiger partial charge in [-0.3, -0.25) is 14.4 Å². The largest absolute Gasteiger partial charge is 0.505 e. The average molecular weight is 477 g/mol. The number of carboxylic acid groups (broad SMARTS) is 1. The van der Waals surface area contributed by atoms with Gasteiger partial charge in [0.2, 0.25) is 0 Å². The first-order valence-electron chi connectivity index (χ1n) is 9.70. The third-order valence-electron chi connectivity index (χ3n) is 5.16. The molecule has 0 radical (unpaired) electrons. The number of benzene rings is 2. The molecule has 0 atom stereocenters. The Kier molecular flexibility index (Phi) is 5.51. The smallest absolute Gasteiger partial charge is 0.416 e. The Labute approximate surface area is 187 Å². The number of nitrogens with zero attached hydrogens (tertiary/aromatic N) is 2. The van der Waals surface area contributed by atoms with Crippen LogP contribution in [0.3, 0.4) is 0 Å². The summed E-state index contributed by atoms with van der Waals surface area (Å²) in [5, 5.41) is 21.5. The van der Waals surface area contributed by atoms with E-state index < -0.39 is 52.9 Å². The van der Waals surface area contributed by atoms with Crippen LogP contribution in [-0.2, 0) is 17.5 Å². The zero-order chi connectivity index (χ0) is 24.8. The van der Waals surface area contributed by atoms with Crippen molar-refractivity contribution in [2.45, 2.75) is 12.7 Å². The van der Waals surface area contributed by atoms with Gasteiger partial charge in [0.15, 0.2) is 5.75 Å². The molecule has 12 heteroatoms. The topological polar surface area (TPSA) is 113 Å². The normalized spacial score (nSPS) is 11.8. The second kappa shape index (κ2) is 8.21. The molecule has 0 spiro atoms. The summed E-state index contributed by atoms with van der Waals surface area (Å²) in [6.45, 7) is -1.08. The Morgan fingerprint density at radius 3 is 2.29 bits per heavy atom. The first-order chi connectivity index (χ1) is 16.0. The van der Waals surface area contributed by atoms with E-state index in [1.807, 2.05) is 5.32 Å². The van der Waals surface area contributed by atoms with Crippen LogP contribution in [0.2, 0.25) is 0 Å². The standard InChI is InChI=1S/C22H15F4N3O5/c23-13-4-1-11(2-5-13)10-28-21(34)15(20(33)27-9-18(30)31)8-17-19(32)14-6-3-12(22(24,25)26)7-16(14)29(17)28/h1-8,32H,9-10H2,(H,27,33)(H,30,31). The molecule has 4 aromatic rings. The minimum absolute atomic E-state index is 0.0108. The first-order valence-corrected chi connectivity index (χ1v) is 9.70. The highest BCUT2D eigenvalue weighted by Crippen LogP contribution is 2.37. The van der Waals surface area contributed by atoms with E-state index in [0.29, 0.717) is 5.56 Å². The number of aliphatic carboxylic acids is 1. The van der Waals surface area contributed by atoms with Crippen molar-refractivity contribution in [2.24, 2.45) is 0 Å². The predicted octanol–water partition coefficient (Wildman–Crippen LogP) is 2.98. The van der Waals surface area contributed by atoms with Gasteiger partial charge in [-0.15, -0.1) is 0 Å². The van der Waals surface area contributed by atoms with Gasteiger partial charge in [0.05, 0.1) is 17.6 Å². The zero-order valence-electron chi connectivity index (χ0n) is 17.1. The van der Waals surface area contributed by atoms with Crippen molar-refractivity contribution < 1.29 is 37.4 Å². The molecule has 34 heavy (non-hydrogen) atoms. The summed E-state index contributed by atoms with van der Waals surface area (Å²) < 4.78 is 55.3. The summed E-state index contributed by atoms with van der Waals surface area (Å²) in [4.78, 5) is 36.5. The Bertz CT molecular complexity index is 1500. The van der Waals surface area contributed by atoms with Crippen molar-refractivity contribution in [1.82, 2.24) is 14.5 Å². The summed E-state index contributed by atoms with van der Waals surface area (Å²) in [5.41, 5.74) is -2.46. The van der Waals surface area contributed by atoms with Gasteiger partial charge >= 0.3 is 12.1 Å². The summed E-state index contributed by atoms with van der Waals surface area (Å²) >= 11 is 0. The number of hydrogen-bond donors (Lipinski definition) is 3. The number of aromatic nitrogens is 2. The second-order valence-electron chi connectivity index (χ2n) is 7.40. The number of amides is 1. The molecule has 1 amide bonds. The molecule has 2 aromatic carbocycles. The van der Waals surface area contributed by atoms with Crippen LogP contribution in [0.1, 0.15) is 21.5 Å². The maximum absolute atomic E-state index is 13.3. The molecule has 176 valence electrons. The number of carbonyl (C=O) groups excluding carboxylic acids is 1. The van der Waals surface area contributed by atoms with Gasteiger partial charge in [0, 0.05) is 5.39 Å². The van der Waals surface area contributed by atoms with Gasteiger partial charge in [0.25, 0.3) is 11.5 Å². The molecule has 0 bridgehead atoms. The fourth-order valence-electron chi connectivity index (χ4n) is 3.59. The number of rotatable bonds is 5. The second-order valence-corrected chi connectivity index (χ2v) is 7.40. The highest BCUT2D eigenvalue weighted by atomic mass is 19.4. The van der Waals surface area contributed by atoms with E-state index in [4.69, 9.17) is 5.11 Å². The van der Waals surface area contributed by atoms with Crippen molar-refractivity contribution in [3.05, 3.63) is 81.4 Å². The van der Waals surface area contributed by atoms with Crippen molar-refractivity contribution in [3.63, 3.8) is 0 Å². The van der Waals surface area contributed by atoms with E-state index in [2.05, 4.69) is 0 Å². The Morgan fingerprint density at radius 2 is 1.68 bits per heavy atom. The van der Waals surface area contributed by atoms with Crippen LogP contribution < -0.4 is 10.9 Å². The SMILES string of the molecule is O=C(O)CNC(=O)c1cc2c(O)c3ccc(C(F)(F)F)cc3n2n(Cc2ccc(F)cc2)c1=O. The highest BCUT2D eigenvalue weighted by molar-refractivity contribution is 6.00. The van der Waals surface area contributed by atoms with Crippen LogP contribution >= 0.6 is 0 Å². The lowest BCUT2D eigenvalue weighted by atomic mass is 10.1. The van der Waals surface area contributed by atoms with Gasteiger partial charge < -0.3 is 15.5 Å². The molecular formula is C22H15F4N3O5. The number of nitrogens with one attached hydrogen (secondary N) is 1. The first kappa shape index (κ1) is 22.8. The third-order valence-corrected chi connectivity index (χ3v) is 5.16. The van der Waals surface area contributed by atoms with Crippen LogP contribution in [-0.4, -0.2) is 37.8 Å². The lowest BCUT2D eigenvalue weighted by Crippen LogP contribution is -2.37. The van der Waals surface area contributed by atoms with Crippen LogP contribution in [0.4, 0.5) is 17.6 Å². The van der Waals surface area contributed by atoms with Crippen LogP contribution in [0, 0.1) is 5.82 Å². The molecule has 0 aliphatic heterocycles. The summed E-state index contributed by atoms with van der Waals surface area (Å²) in [6, 6.07) is 8.47. The van der Waals surface area contributed by atoms with E-state index in [1.165, 1.54) is 12.1 Å². The van der Waals surface area contributed by atoms with E-state index in [1.54, 1.807) is 0 Å². The third kappa shape index (κ3) is 4.05. The van der Waals surface area contributed by atoms with Gasteiger partial charge in [0.1, 0.15) is 23.4 Å². The number of hydrogen-bond acceptors (Lipinski definition) is 4. The fourth-order valence-corrected chi connectivity index (χ4v) is 3.59. The number of halogens is 4. The molecule has 3 N–H and O–H groups in total. The predicted molar refractivity (Wildman–Crippen MR) is 111 cm³/mol. The van der Waals surface area contributed by atoms with Gasteiger partial charge in [-0.1, -0.05) is 12.1 Å². The summed E-state index contributed by atoms with van der Waals surface area (Å²) in [7, 11) is 0. The molecule has 4 rings (SSSR count). The maximum atomic E-state index is 13.3. The summed E-state index contributed by atoms with van der Waals surface area (Å²) in [5.74, 6) is -3.45. The molecule has 0 aliphatic rings. The lowest BCUT2D eigenvalue weighted by Gasteiger charge is -2.14. The van der Waals surface area contributed by atoms with Gasteiger partial charge in [-0.05, 0) is 42.0 Å². The molecule has 2 aromatic heterocycles. The molecule has 8 nitrogen and oxygen atoms in total. The zero-order valence-corrected chi connectivity index (χ0v) is 17.1. The van der Waals surface area contributed by atoms with Crippen molar-refractivity contribution in [1.29, 1.82) is 0 Å². The lowest BCUT2D eigenvalue weighted by molar-refractivity contribution is -0.137. The quantitative estimate of drug-likeness (QED) is 0.383. The fraction of sp³-hybridized carbons (Fsp3) is 0.136. The molecular weight excluding hydrogens is 462 g/mol. The van der Waals surface area contributed by atoms with Crippen LogP contribution in [0.15, 0.2) is 53.3 Å².